The second-order valence-electron chi connectivity index (χ2n) is 9.32. The maximum Gasteiger partial charge on any atom is 0.136 e. The van der Waals surface area contributed by atoms with Crippen molar-refractivity contribution in [2.24, 2.45) is 0 Å². The zero-order chi connectivity index (χ0) is 22.3. The first kappa shape index (κ1) is 22.7. The van der Waals surface area contributed by atoms with Crippen molar-refractivity contribution in [1.82, 2.24) is 5.06 Å². The molecule has 6 atom stereocenters. The Morgan fingerprint density at radius 3 is 2.45 bits per heavy atom. The molecule has 0 saturated carbocycles. The van der Waals surface area contributed by atoms with Gasteiger partial charge in [-0.15, -0.1) is 0 Å². The third-order valence-corrected chi connectivity index (χ3v) is 7.31. The number of hydrogen-bond acceptors (Lipinski definition) is 7. The van der Waals surface area contributed by atoms with Gasteiger partial charge in [-0.3, -0.25) is 0 Å². The van der Waals surface area contributed by atoms with E-state index in [1.807, 2.05) is 37.3 Å². The predicted octanol–water partition coefficient (Wildman–Crippen LogP) is 3.73. The number of ether oxygens (including phenoxy) is 2. The van der Waals surface area contributed by atoms with Gasteiger partial charge in [-0.2, -0.15) is 0 Å². The molecule has 0 aromatic heterocycles. The van der Waals surface area contributed by atoms with Crippen LogP contribution in [0.3, 0.4) is 0 Å². The lowest BCUT2D eigenvalue weighted by Gasteiger charge is -2.55. The minimum absolute atomic E-state index is 0.00756. The molecule has 0 amide bonds. The minimum atomic E-state index is -1.24. The maximum atomic E-state index is 13.0. The number of fused-ring (bicyclic) bond motifs is 1. The molecule has 0 aliphatic carbocycles. The smallest absolute Gasteiger partial charge is 0.136 e. The van der Waals surface area contributed by atoms with Crippen LogP contribution in [-0.2, 0) is 14.9 Å². The second-order valence-corrected chi connectivity index (χ2v) is 10.5. The van der Waals surface area contributed by atoms with E-state index in [4.69, 9.17) is 9.47 Å². The van der Waals surface area contributed by atoms with E-state index in [0.717, 1.165) is 15.5 Å². The summed E-state index contributed by atoms with van der Waals surface area (Å²) < 4.78 is 11.9. The molecule has 2 aliphatic rings. The molecule has 168 valence electrons. The Labute approximate surface area is 187 Å². The summed E-state index contributed by atoms with van der Waals surface area (Å²) in [6, 6.07) is 14.5. The molecule has 4 unspecified atom stereocenters. The largest absolute Gasteiger partial charge is 0.783 e. The zero-order valence-corrected chi connectivity index (χ0v) is 19.1. The van der Waals surface area contributed by atoms with E-state index in [1.165, 1.54) is 17.3 Å². The third-order valence-electron chi connectivity index (χ3n) is 5.99. The van der Waals surface area contributed by atoms with Crippen LogP contribution in [0, 0.1) is 12.1 Å². The van der Waals surface area contributed by atoms with E-state index in [1.54, 1.807) is 0 Å². The van der Waals surface area contributed by atoms with E-state index >= 15 is 0 Å². The molecular weight excluding hydrogens is 414 g/mol. The zero-order valence-electron chi connectivity index (χ0n) is 18.3. The fourth-order valence-corrected chi connectivity index (χ4v) is 5.26. The van der Waals surface area contributed by atoms with Gasteiger partial charge < -0.3 is 30.0 Å². The first-order valence-electron chi connectivity index (χ1n) is 10.6. The standard InChI is InChI=1S/C24H30NO5S/c1-14-10-11-16(24(2,3)4)12-18(14)31-23-21(27)20(26)19-17(30-23)13-29-22(25(19)28)15-8-6-5-7-9-15/h5-12,17,19-23,26-27H,13H2,1-4H3/q-1/t17?,19-,20?,21?,22?,23+/m1/s1. The number of benzene rings is 2. The Morgan fingerprint density at radius 2 is 1.77 bits per heavy atom. The van der Waals surface area contributed by atoms with Crippen LogP contribution in [0.5, 0.6) is 0 Å². The van der Waals surface area contributed by atoms with Crippen LogP contribution in [0.15, 0.2) is 53.4 Å². The van der Waals surface area contributed by atoms with Crippen LogP contribution in [0.2, 0.25) is 0 Å². The number of nitrogens with zero attached hydrogens (tertiary/aromatic N) is 1. The highest BCUT2D eigenvalue weighted by Gasteiger charge is 2.49. The molecule has 2 aromatic carbocycles. The topological polar surface area (TPSA) is 85.2 Å². The van der Waals surface area contributed by atoms with Crippen molar-refractivity contribution in [1.29, 1.82) is 0 Å². The van der Waals surface area contributed by atoms with Crippen molar-refractivity contribution in [3.63, 3.8) is 0 Å². The van der Waals surface area contributed by atoms with E-state index in [0.29, 0.717) is 5.56 Å². The number of aryl methyl sites for hydroxylation is 1. The Kier molecular flexibility index (Phi) is 6.47. The van der Waals surface area contributed by atoms with Gasteiger partial charge in [0.25, 0.3) is 0 Å². The van der Waals surface area contributed by atoms with Gasteiger partial charge in [0.1, 0.15) is 23.9 Å². The minimum Gasteiger partial charge on any atom is -0.783 e. The molecule has 2 saturated heterocycles. The Bertz CT molecular complexity index is 901. The van der Waals surface area contributed by atoms with Crippen LogP contribution in [0.25, 0.3) is 0 Å². The summed E-state index contributed by atoms with van der Waals surface area (Å²) in [4.78, 5) is 0.986. The summed E-state index contributed by atoms with van der Waals surface area (Å²) in [6.07, 6.45) is -3.90. The van der Waals surface area contributed by atoms with Crippen molar-refractivity contribution < 1.29 is 19.7 Å². The van der Waals surface area contributed by atoms with Crippen LogP contribution in [0.1, 0.15) is 43.7 Å². The van der Waals surface area contributed by atoms with Crippen LogP contribution in [0.4, 0.5) is 0 Å². The molecular formula is C24H30NO5S-. The van der Waals surface area contributed by atoms with Crippen molar-refractivity contribution in [2.75, 3.05) is 6.61 Å². The highest BCUT2D eigenvalue weighted by atomic mass is 32.2. The predicted molar refractivity (Wildman–Crippen MR) is 121 cm³/mol. The molecule has 2 N–H and O–H groups in total. The molecule has 31 heavy (non-hydrogen) atoms. The first-order valence-corrected chi connectivity index (χ1v) is 11.5. The summed E-state index contributed by atoms with van der Waals surface area (Å²) in [5.41, 5.74) is 2.26. The quantitative estimate of drug-likeness (QED) is 0.746. The number of aliphatic hydroxyl groups is 2. The molecule has 7 heteroatoms. The average molecular weight is 445 g/mol. The van der Waals surface area contributed by atoms with Gasteiger partial charge in [-0.25, -0.2) is 0 Å². The van der Waals surface area contributed by atoms with Gasteiger partial charge in [0, 0.05) is 4.90 Å². The third kappa shape index (κ3) is 4.54. The van der Waals surface area contributed by atoms with Gasteiger partial charge in [0.15, 0.2) is 0 Å². The summed E-state index contributed by atoms with van der Waals surface area (Å²) in [7, 11) is 0. The highest BCUT2D eigenvalue weighted by Crippen LogP contribution is 2.41. The molecule has 4 rings (SSSR count). The van der Waals surface area contributed by atoms with Crippen LogP contribution in [-0.4, -0.2) is 51.7 Å². The fourth-order valence-electron chi connectivity index (χ4n) is 4.06. The lowest BCUT2D eigenvalue weighted by Crippen LogP contribution is -2.65. The van der Waals surface area contributed by atoms with Gasteiger partial charge in [0.2, 0.25) is 0 Å². The molecule has 0 bridgehead atoms. The number of aliphatic hydroxyl groups excluding tert-OH is 2. The average Bonchev–Trinajstić information content (AvgIpc) is 2.73. The molecule has 2 aromatic rings. The monoisotopic (exact) mass is 444 g/mol. The van der Waals surface area contributed by atoms with Gasteiger partial charge in [-0.05, 0) is 35.1 Å². The second kappa shape index (κ2) is 8.83. The van der Waals surface area contributed by atoms with Gasteiger partial charge >= 0.3 is 0 Å². The van der Waals surface area contributed by atoms with E-state index in [-0.39, 0.29) is 12.0 Å². The van der Waals surface area contributed by atoms with Crippen molar-refractivity contribution in [3.8, 4) is 0 Å². The van der Waals surface area contributed by atoms with Gasteiger partial charge in [-0.1, -0.05) is 75.0 Å². The number of thioether (sulfide) groups is 1. The molecule has 0 spiro atoms. The van der Waals surface area contributed by atoms with Gasteiger partial charge in [0.05, 0.1) is 18.8 Å². The van der Waals surface area contributed by atoms with E-state index in [2.05, 4.69) is 39.0 Å². The Morgan fingerprint density at radius 1 is 1.06 bits per heavy atom. The van der Waals surface area contributed by atoms with Crippen LogP contribution < -0.4 is 0 Å². The summed E-state index contributed by atoms with van der Waals surface area (Å²) in [6.45, 7) is 8.63. The first-order chi connectivity index (χ1) is 14.7. The lowest BCUT2D eigenvalue weighted by molar-refractivity contribution is -0.248. The molecule has 0 radical (unpaired) electrons. The Balaban J connectivity index is 1.53. The molecule has 2 heterocycles. The SMILES string of the molecule is Cc1ccc(C(C)(C)C)cc1S[C@@H]1OC2COC(c3ccccc3)N([O-])[C@H]2C(O)C1O. The number of hydrogen-bond donors (Lipinski definition) is 2. The molecule has 2 aliphatic heterocycles. The number of rotatable bonds is 3. The van der Waals surface area contributed by atoms with E-state index in [9.17, 15) is 15.4 Å². The maximum absolute atomic E-state index is 13.0. The van der Waals surface area contributed by atoms with Crippen LogP contribution >= 0.6 is 11.8 Å². The summed E-state index contributed by atoms with van der Waals surface area (Å²) in [5, 5.41) is 35.4. The lowest BCUT2D eigenvalue weighted by atomic mass is 9.87. The molecule has 6 nitrogen and oxygen atoms in total. The van der Waals surface area contributed by atoms with E-state index < -0.39 is 36.0 Å². The van der Waals surface area contributed by atoms with Crippen molar-refractivity contribution in [2.45, 2.75) is 74.0 Å². The normalized spacial score (nSPS) is 32.0. The highest BCUT2D eigenvalue weighted by molar-refractivity contribution is 7.99. The summed E-state index contributed by atoms with van der Waals surface area (Å²) >= 11 is 1.38. The van der Waals surface area contributed by atoms with Crippen molar-refractivity contribution >= 4 is 11.8 Å². The summed E-state index contributed by atoms with van der Waals surface area (Å²) in [5.74, 6) is 0. The fraction of sp³-hybridized carbons (Fsp3) is 0.500. The molecule has 2 fully saturated rings. The number of hydroxylamine groups is 2. The Hall–Kier alpha value is -1.45. The van der Waals surface area contributed by atoms with Crippen molar-refractivity contribution in [3.05, 3.63) is 70.4 Å².